The minimum absolute atomic E-state index is 0.0599. The van der Waals surface area contributed by atoms with Gasteiger partial charge in [-0.15, -0.1) is 0 Å². The van der Waals surface area contributed by atoms with Crippen molar-refractivity contribution in [2.45, 2.75) is 31.8 Å². The quantitative estimate of drug-likeness (QED) is 0.827. The van der Waals surface area contributed by atoms with Gasteiger partial charge in [-0.3, -0.25) is 9.59 Å². The molecular formula is C17H23NO5. The first-order chi connectivity index (χ1) is 11.1. The highest BCUT2D eigenvalue weighted by Crippen LogP contribution is 2.15. The third-order valence-corrected chi connectivity index (χ3v) is 3.91. The molecule has 1 amide bonds. The Bertz CT molecular complexity index is 528. The molecule has 1 saturated heterocycles. The first-order valence-electron chi connectivity index (χ1n) is 7.82. The second-order valence-electron chi connectivity index (χ2n) is 5.63. The Hall–Kier alpha value is -2.08. The van der Waals surface area contributed by atoms with Gasteiger partial charge in [-0.1, -0.05) is 12.1 Å². The van der Waals surface area contributed by atoms with Gasteiger partial charge in [-0.2, -0.15) is 0 Å². The zero-order valence-electron chi connectivity index (χ0n) is 13.4. The Morgan fingerprint density at radius 2 is 2.09 bits per heavy atom. The van der Waals surface area contributed by atoms with E-state index in [1.54, 1.807) is 12.0 Å². The predicted octanol–water partition coefficient (Wildman–Crippen LogP) is 1.72. The minimum atomic E-state index is -0.899. The summed E-state index contributed by atoms with van der Waals surface area (Å²) in [6, 6.07) is 7.83. The summed E-state index contributed by atoms with van der Waals surface area (Å²) < 4.78 is 10.5. The van der Waals surface area contributed by atoms with Crippen LogP contribution < -0.4 is 4.74 Å². The fraction of sp³-hybridized carbons (Fsp3) is 0.529. The molecule has 1 aliphatic heterocycles. The van der Waals surface area contributed by atoms with Crippen LogP contribution in [-0.4, -0.2) is 54.8 Å². The monoisotopic (exact) mass is 321 g/mol. The van der Waals surface area contributed by atoms with Crippen LogP contribution in [0.15, 0.2) is 24.3 Å². The Balaban J connectivity index is 1.74. The van der Waals surface area contributed by atoms with Gasteiger partial charge in [-0.25, -0.2) is 0 Å². The average Bonchev–Trinajstić information content (AvgIpc) is 2.55. The van der Waals surface area contributed by atoms with Crippen molar-refractivity contribution < 1.29 is 24.2 Å². The topological polar surface area (TPSA) is 76.1 Å². The van der Waals surface area contributed by atoms with Gasteiger partial charge in [0.1, 0.15) is 5.75 Å². The highest BCUT2D eigenvalue weighted by atomic mass is 16.5. The van der Waals surface area contributed by atoms with Crippen LogP contribution in [0.1, 0.15) is 24.8 Å². The fourth-order valence-electron chi connectivity index (χ4n) is 2.66. The molecule has 1 aromatic carbocycles. The molecule has 0 radical (unpaired) electrons. The molecule has 23 heavy (non-hydrogen) atoms. The van der Waals surface area contributed by atoms with E-state index < -0.39 is 12.1 Å². The van der Waals surface area contributed by atoms with Crippen molar-refractivity contribution in [2.75, 3.05) is 26.8 Å². The van der Waals surface area contributed by atoms with E-state index in [0.29, 0.717) is 26.1 Å². The number of carboxylic acids is 1. The van der Waals surface area contributed by atoms with Gasteiger partial charge in [0.15, 0.2) is 0 Å². The molecule has 126 valence electrons. The maximum absolute atomic E-state index is 12.2. The molecule has 6 heteroatoms. The summed E-state index contributed by atoms with van der Waals surface area (Å²) in [4.78, 5) is 24.7. The number of hydrogen-bond acceptors (Lipinski definition) is 4. The maximum Gasteiger partial charge on any atom is 0.306 e. The molecule has 0 aromatic heterocycles. The number of ether oxygens (including phenoxy) is 2. The van der Waals surface area contributed by atoms with Gasteiger partial charge in [-0.05, 0) is 30.5 Å². The normalized spacial score (nSPS) is 17.8. The molecule has 1 aromatic rings. The first kappa shape index (κ1) is 17.3. The first-order valence-corrected chi connectivity index (χ1v) is 7.82. The van der Waals surface area contributed by atoms with Crippen molar-refractivity contribution in [3.8, 4) is 5.75 Å². The van der Waals surface area contributed by atoms with Gasteiger partial charge in [0.05, 0.1) is 26.2 Å². The highest BCUT2D eigenvalue weighted by Gasteiger charge is 2.25. The molecule has 0 bridgehead atoms. The number of amides is 1. The summed E-state index contributed by atoms with van der Waals surface area (Å²) in [6.45, 7) is 1.31. The van der Waals surface area contributed by atoms with Gasteiger partial charge in [0, 0.05) is 19.5 Å². The van der Waals surface area contributed by atoms with Crippen LogP contribution in [0.25, 0.3) is 0 Å². The molecule has 0 spiro atoms. The number of aliphatic carboxylic acids is 1. The zero-order chi connectivity index (χ0) is 16.7. The van der Waals surface area contributed by atoms with E-state index in [9.17, 15) is 9.59 Å². The summed E-state index contributed by atoms with van der Waals surface area (Å²) in [5.74, 6) is -0.0105. The summed E-state index contributed by atoms with van der Waals surface area (Å²) in [6.07, 6.45) is 1.61. The fourth-order valence-corrected chi connectivity index (χ4v) is 2.66. The minimum Gasteiger partial charge on any atom is -0.497 e. The van der Waals surface area contributed by atoms with Gasteiger partial charge in [0.25, 0.3) is 0 Å². The molecule has 1 N–H and O–H groups in total. The van der Waals surface area contributed by atoms with Gasteiger partial charge in [0.2, 0.25) is 5.91 Å². The maximum atomic E-state index is 12.2. The largest absolute Gasteiger partial charge is 0.497 e. The second-order valence-corrected chi connectivity index (χ2v) is 5.63. The molecule has 0 saturated carbocycles. The number of carbonyl (C=O) groups excluding carboxylic acids is 1. The second kappa shape index (κ2) is 8.53. The van der Waals surface area contributed by atoms with Gasteiger partial charge < -0.3 is 19.5 Å². The molecule has 1 aliphatic rings. The smallest absolute Gasteiger partial charge is 0.306 e. The lowest BCUT2D eigenvalue weighted by Gasteiger charge is -2.32. The lowest BCUT2D eigenvalue weighted by atomic mass is 10.1. The van der Waals surface area contributed by atoms with Crippen molar-refractivity contribution in [3.05, 3.63) is 29.8 Å². The zero-order valence-corrected chi connectivity index (χ0v) is 13.4. The Kier molecular flexibility index (Phi) is 6.40. The third-order valence-electron chi connectivity index (χ3n) is 3.91. The SMILES string of the molecule is COc1ccc(CCCC(=O)N2CCO[C@@H](CC(=O)O)C2)cc1. The van der Waals surface area contributed by atoms with E-state index in [2.05, 4.69) is 0 Å². The van der Waals surface area contributed by atoms with Crippen LogP contribution in [0, 0.1) is 0 Å². The average molecular weight is 321 g/mol. The molecule has 6 nitrogen and oxygen atoms in total. The third kappa shape index (κ3) is 5.56. The molecular weight excluding hydrogens is 298 g/mol. The number of nitrogens with zero attached hydrogens (tertiary/aromatic N) is 1. The van der Waals surface area contributed by atoms with E-state index in [1.165, 1.54) is 5.56 Å². The molecule has 0 aliphatic carbocycles. The summed E-state index contributed by atoms with van der Waals surface area (Å²) in [7, 11) is 1.63. The predicted molar refractivity (Wildman–Crippen MR) is 84.5 cm³/mol. The van der Waals surface area contributed by atoms with Crippen LogP contribution >= 0.6 is 0 Å². The Morgan fingerprint density at radius 1 is 1.35 bits per heavy atom. The summed E-state index contributed by atoms with van der Waals surface area (Å²) in [5, 5.41) is 8.80. The van der Waals surface area contributed by atoms with Crippen LogP contribution in [0.5, 0.6) is 5.75 Å². The van der Waals surface area contributed by atoms with Crippen molar-refractivity contribution in [2.24, 2.45) is 0 Å². The van der Waals surface area contributed by atoms with Gasteiger partial charge >= 0.3 is 5.97 Å². The standard InChI is InChI=1S/C17H23NO5/c1-22-14-7-5-13(6-8-14)3-2-4-16(19)18-9-10-23-15(12-18)11-17(20)21/h5-8,15H,2-4,9-12H2,1H3,(H,20,21)/t15-/m0/s1. The number of rotatable bonds is 7. The Labute approximate surface area is 136 Å². The molecule has 1 fully saturated rings. The van der Waals surface area contributed by atoms with E-state index in [0.717, 1.165) is 18.6 Å². The number of benzene rings is 1. The number of methoxy groups -OCH3 is 1. The van der Waals surface area contributed by atoms with Crippen LogP contribution in [0.2, 0.25) is 0 Å². The van der Waals surface area contributed by atoms with Crippen LogP contribution in [0.4, 0.5) is 0 Å². The molecule has 1 atom stereocenters. The number of carboxylic acid groups (broad SMARTS) is 1. The van der Waals surface area contributed by atoms with Crippen LogP contribution in [0.3, 0.4) is 0 Å². The number of carbonyl (C=O) groups is 2. The molecule has 2 rings (SSSR count). The number of hydrogen-bond donors (Lipinski definition) is 1. The number of aryl methyl sites for hydroxylation is 1. The Morgan fingerprint density at radius 3 is 2.74 bits per heavy atom. The van der Waals surface area contributed by atoms with Crippen molar-refractivity contribution >= 4 is 11.9 Å². The molecule has 1 heterocycles. The van der Waals surface area contributed by atoms with E-state index in [-0.39, 0.29) is 12.3 Å². The van der Waals surface area contributed by atoms with E-state index in [4.69, 9.17) is 14.6 Å². The number of morpholine rings is 1. The van der Waals surface area contributed by atoms with E-state index >= 15 is 0 Å². The van der Waals surface area contributed by atoms with Crippen LogP contribution in [-0.2, 0) is 20.7 Å². The molecule has 0 unspecified atom stereocenters. The van der Waals surface area contributed by atoms with Crippen molar-refractivity contribution in [3.63, 3.8) is 0 Å². The highest BCUT2D eigenvalue weighted by molar-refractivity contribution is 5.76. The summed E-state index contributed by atoms with van der Waals surface area (Å²) >= 11 is 0. The van der Waals surface area contributed by atoms with Crippen molar-refractivity contribution in [1.29, 1.82) is 0 Å². The van der Waals surface area contributed by atoms with Crippen molar-refractivity contribution in [1.82, 2.24) is 4.90 Å². The summed E-state index contributed by atoms with van der Waals surface area (Å²) in [5.41, 5.74) is 1.17. The lowest BCUT2D eigenvalue weighted by Crippen LogP contribution is -2.46. The van der Waals surface area contributed by atoms with E-state index in [1.807, 2.05) is 24.3 Å². The lowest BCUT2D eigenvalue weighted by molar-refractivity contribution is -0.147.